The molecule has 7 nitrogen and oxygen atoms in total. The molecule has 164 valence electrons. The van der Waals surface area contributed by atoms with Crippen molar-refractivity contribution in [1.29, 1.82) is 0 Å². The Morgan fingerprint density at radius 1 is 1.07 bits per heavy atom. The van der Waals surface area contributed by atoms with Gasteiger partial charge in [0.15, 0.2) is 0 Å². The van der Waals surface area contributed by atoms with Crippen molar-refractivity contribution < 1.29 is 22.1 Å². The second kappa shape index (κ2) is 9.38. The molecule has 0 aliphatic carbocycles. The summed E-state index contributed by atoms with van der Waals surface area (Å²) in [6, 6.07) is 12.4. The first kappa shape index (κ1) is 23.5. The molecule has 0 aromatic heterocycles. The molecule has 0 saturated heterocycles. The van der Waals surface area contributed by atoms with Crippen LogP contribution in [0.15, 0.2) is 53.4 Å². The van der Waals surface area contributed by atoms with Gasteiger partial charge in [-0.1, -0.05) is 18.2 Å². The minimum atomic E-state index is -4.04. The highest BCUT2D eigenvalue weighted by atomic mass is 32.2. The fraction of sp³-hybridized carbons (Fsp3) is 0.409. The highest BCUT2D eigenvalue weighted by molar-refractivity contribution is 7.87. The molecular weight excluding hydrogens is 404 g/mol. The van der Waals surface area contributed by atoms with Crippen LogP contribution in [0.5, 0.6) is 11.5 Å². The van der Waals surface area contributed by atoms with Crippen molar-refractivity contribution in [3.8, 4) is 11.5 Å². The molecule has 2 rings (SSSR count). The number of hydrogen-bond donors (Lipinski definition) is 1. The van der Waals surface area contributed by atoms with Crippen molar-refractivity contribution in [2.24, 2.45) is 0 Å². The van der Waals surface area contributed by atoms with E-state index in [0.717, 1.165) is 0 Å². The summed E-state index contributed by atoms with van der Waals surface area (Å²) in [6.45, 7) is 9.72. The zero-order valence-electron chi connectivity index (χ0n) is 18.3. The molecule has 0 saturated carbocycles. The van der Waals surface area contributed by atoms with E-state index in [1.54, 1.807) is 41.3 Å². The minimum Gasteiger partial charge on any atom is -0.497 e. The molecule has 0 unspecified atom stereocenters. The lowest BCUT2D eigenvalue weighted by molar-refractivity contribution is 0.171. The van der Waals surface area contributed by atoms with Crippen molar-refractivity contribution in [3.05, 3.63) is 54.1 Å². The van der Waals surface area contributed by atoms with E-state index in [-0.39, 0.29) is 29.3 Å². The first-order valence-corrected chi connectivity index (χ1v) is 11.1. The quantitative estimate of drug-likeness (QED) is 0.661. The summed E-state index contributed by atoms with van der Waals surface area (Å²) in [5.74, 6) is 0.731. The normalized spacial score (nSPS) is 11.8. The van der Waals surface area contributed by atoms with E-state index in [9.17, 15) is 13.2 Å². The number of nitrogens with one attached hydrogen (secondary N) is 1. The van der Waals surface area contributed by atoms with E-state index in [4.69, 9.17) is 8.92 Å². The van der Waals surface area contributed by atoms with Gasteiger partial charge in [-0.3, -0.25) is 0 Å². The van der Waals surface area contributed by atoms with Crippen molar-refractivity contribution in [1.82, 2.24) is 10.2 Å². The number of ether oxygens (including phenoxy) is 1. The molecule has 1 N–H and O–H groups in total. The van der Waals surface area contributed by atoms with Gasteiger partial charge in [-0.05, 0) is 65.0 Å². The largest absolute Gasteiger partial charge is 0.497 e. The molecule has 2 aromatic rings. The van der Waals surface area contributed by atoms with Gasteiger partial charge in [0, 0.05) is 17.1 Å². The maximum Gasteiger partial charge on any atom is 0.339 e. The predicted molar refractivity (Wildman–Crippen MR) is 116 cm³/mol. The van der Waals surface area contributed by atoms with Gasteiger partial charge in [0.05, 0.1) is 13.7 Å². The summed E-state index contributed by atoms with van der Waals surface area (Å²) in [7, 11) is -2.53. The summed E-state index contributed by atoms with van der Waals surface area (Å²) in [4.78, 5) is 14.4. The number of hydrogen-bond acceptors (Lipinski definition) is 5. The Kier molecular flexibility index (Phi) is 7.36. The Morgan fingerprint density at radius 2 is 1.67 bits per heavy atom. The van der Waals surface area contributed by atoms with E-state index in [0.29, 0.717) is 11.3 Å². The number of carbonyl (C=O) groups excluding carboxylic acids is 1. The minimum absolute atomic E-state index is 0.0179. The lowest BCUT2D eigenvalue weighted by atomic mass is 10.1. The van der Waals surface area contributed by atoms with Gasteiger partial charge in [-0.2, -0.15) is 8.42 Å². The molecule has 2 aromatic carbocycles. The monoisotopic (exact) mass is 434 g/mol. The van der Waals surface area contributed by atoms with Crippen LogP contribution in [-0.2, 0) is 16.7 Å². The molecule has 0 fully saturated rings. The van der Waals surface area contributed by atoms with Crippen LogP contribution >= 0.6 is 0 Å². The Balaban J connectivity index is 2.28. The third kappa shape index (κ3) is 6.38. The number of para-hydroxylation sites is 1. The second-order valence-corrected chi connectivity index (χ2v) is 9.77. The zero-order valence-corrected chi connectivity index (χ0v) is 19.1. The number of benzene rings is 2. The number of methoxy groups -OCH3 is 1. The molecule has 0 radical (unpaired) electrons. The Bertz CT molecular complexity index is 964. The van der Waals surface area contributed by atoms with Gasteiger partial charge < -0.3 is 19.1 Å². The highest BCUT2D eigenvalue weighted by Crippen LogP contribution is 2.26. The molecule has 0 heterocycles. The van der Waals surface area contributed by atoms with Gasteiger partial charge >= 0.3 is 16.1 Å². The maximum atomic E-state index is 12.7. The maximum absolute atomic E-state index is 12.7. The number of urea groups is 1. The van der Waals surface area contributed by atoms with Crippen LogP contribution in [0.2, 0.25) is 0 Å². The summed E-state index contributed by atoms with van der Waals surface area (Å²) in [5.41, 5.74) is 0.199. The standard InChI is InChI=1S/C22H30N2O5S/c1-16(2)24(21(25)23-22(3,4)5)15-17-9-7-8-10-20(17)29-30(26,27)19-13-11-18(28-6)12-14-19/h7-14,16H,15H2,1-6H3,(H,23,25). The van der Waals surface area contributed by atoms with Crippen LogP contribution in [-0.4, -0.2) is 38.0 Å². The summed E-state index contributed by atoms with van der Waals surface area (Å²) < 4.78 is 36.0. The van der Waals surface area contributed by atoms with Crippen LogP contribution in [0.1, 0.15) is 40.2 Å². The predicted octanol–water partition coefficient (Wildman–Crippen LogP) is 4.18. The molecule has 2 amide bonds. The average Bonchev–Trinajstić information content (AvgIpc) is 2.65. The Hall–Kier alpha value is -2.74. The van der Waals surface area contributed by atoms with Crippen molar-refractivity contribution in [2.75, 3.05) is 7.11 Å². The third-order valence-electron chi connectivity index (χ3n) is 4.23. The van der Waals surface area contributed by atoms with Crippen molar-refractivity contribution >= 4 is 16.1 Å². The summed E-state index contributed by atoms with van der Waals surface area (Å²) in [5, 5.41) is 2.94. The van der Waals surface area contributed by atoms with E-state index >= 15 is 0 Å². The number of nitrogens with zero attached hydrogens (tertiary/aromatic N) is 1. The van der Waals surface area contributed by atoms with E-state index in [1.165, 1.54) is 19.2 Å². The molecule has 8 heteroatoms. The van der Waals surface area contributed by atoms with Gasteiger partial charge in [-0.15, -0.1) is 0 Å². The lowest BCUT2D eigenvalue weighted by Gasteiger charge is -2.31. The number of rotatable bonds is 7. The highest BCUT2D eigenvalue weighted by Gasteiger charge is 2.24. The van der Waals surface area contributed by atoms with Crippen LogP contribution in [0.3, 0.4) is 0 Å². The Morgan fingerprint density at radius 3 is 2.20 bits per heavy atom. The zero-order chi connectivity index (χ0) is 22.5. The van der Waals surface area contributed by atoms with Gasteiger partial charge in [-0.25, -0.2) is 4.79 Å². The smallest absolute Gasteiger partial charge is 0.339 e. The Labute approximate surface area is 179 Å². The fourth-order valence-corrected chi connectivity index (χ4v) is 3.65. The van der Waals surface area contributed by atoms with E-state index in [1.807, 2.05) is 34.6 Å². The first-order chi connectivity index (χ1) is 13.9. The number of amides is 2. The van der Waals surface area contributed by atoms with Crippen molar-refractivity contribution in [2.45, 2.75) is 57.6 Å². The molecule has 0 spiro atoms. The van der Waals surface area contributed by atoms with Gasteiger partial charge in [0.1, 0.15) is 16.4 Å². The second-order valence-electron chi connectivity index (χ2n) is 8.22. The molecule has 0 atom stereocenters. The lowest BCUT2D eigenvalue weighted by Crippen LogP contribution is -2.50. The SMILES string of the molecule is COc1ccc(S(=O)(=O)Oc2ccccc2CN(C(=O)NC(C)(C)C)C(C)C)cc1. The van der Waals surface area contributed by atoms with Gasteiger partial charge in [0.2, 0.25) is 0 Å². The summed E-state index contributed by atoms with van der Waals surface area (Å²) in [6.07, 6.45) is 0. The third-order valence-corrected chi connectivity index (χ3v) is 5.48. The number of carbonyl (C=O) groups is 1. The van der Waals surface area contributed by atoms with Crippen LogP contribution in [0.25, 0.3) is 0 Å². The van der Waals surface area contributed by atoms with Crippen LogP contribution in [0.4, 0.5) is 4.79 Å². The molecule has 0 bridgehead atoms. The average molecular weight is 435 g/mol. The molecule has 0 aliphatic heterocycles. The van der Waals surface area contributed by atoms with Crippen LogP contribution in [0, 0.1) is 0 Å². The molecular formula is C22H30N2O5S. The molecule has 30 heavy (non-hydrogen) atoms. The fourth-order valence-electron chi connectivity index (χ4n) is 2.69. The van der Waals surface area contributed by atoms with Crippen molar-refractivity contribution in [3.63, 3.8) is 0 Å². The summed E-state index contributed by atoms with van der Waals surface area (Å²) >= 11 is 0. The van der Waals surface area contributed by atoms with Gasteiger partial charge in [0.25, 0.3) is 0 Å². The topological polar surface area (TPSA) is 84.9 Å². The first-order valence-electron chi connectivity index (χ1n) is 9.68. The van der Waals surface area contributed by atoms with Crippen LogP contribution < -0.4 is 14.2 Å². The van der Waals surface area contributed by atoms with E-state index < -0.39 is 15.7 Å². The molecule has 0 aliphatic rings. The van der Waals surface area contributed by atoms with E-state index in [2.05, 4.69) is 5.32 Å².